The van der Waals surface area contributed by atoms with Crippen LogP contribution in [-0.4, -0.2) is 17.6 Å². The zero-order valence-corrected chi connectivity index (χ0v) is 15.7. The van der Waals surface area contributed by atoms with Gasteiger partial charge in [0, 0.05) is 11.3 Å². The molecule has 0 radical (unpaired) electrons. The maximum atomic E-state index is 13.9. The number of amides is 2. The lowest BCUT2D eigenvalue weighted by Gasteiger charge is -2.20. The van der Waals surface area contributed by atoms with Crippen molar-refractivity contribution in [2.75, 3.05) is 10.6 Å². The van der Waals surface area contributed by atoms with Gasteiger partial charge in [0.2, 0.25) is 0 Å². The van der Waals surface area contributed by atoms with Gasteiger partial charge in [-0.05, 0) is 57.5 Å². The molecular weight excluding hydrogens is 359 g/mol. The van der Waals surface area contributed by atoms with Crippen molar-refractivity contribution in [3.05, 3.63) is 58.4 Å². The molecular formula is C19H20ClFN2O3. The average Bonchev–Trinajstić information content (AvgIpc) is 2.52. The number of hydrogen-bond acceptors (Lipinski definition) is 3. The molecule has 0 spiro atoms. The minimum Gasteiger partial charge on any atom is -0.444 e. The van der Waals surface area contributed by atoms with E-state index in [1.165, 1.54) is 24.3 Å². The summed E-state index contributed by atoms with van der Waals surface area (Å²) in [5, 5.41) is 4.99. The second-order valence-electron chi connectivity index (χ2n) is 6.71. The van der Waals surface area contributed by atoms with E-state index in [0.29, 0.717) is 5.69 Å². The molecule has 0 aliphatic heterocycles. The van der Waals surface area contributed by atoms with E-state index in [1.54, 1.807) is 39.8 Å². The molecule has 138 valence electrons. The first kappa shape index (κ1) is 19.7. The Hall–Kier alpha value is -2.60. The van der Waals surface area contributed by atoms with E-state index in [2.05, 4.69) is 10.6 Å². The van der Waals surface area contributed by atoms with E-state index in [4.69, 9.17) is 16.3 Å². The normalized spacial score (nSPS) is 11.0. The molecule has 26 heavy (non-hydrogen) atoms. The summed E-state index contributed by atoms with van der Waals surface area (Å²) >= 11 is 5.71. The molecule has 0 aromatic heterocycles. The number of carbonyl (C=O) groups excluding carboxylic acids is 2. The number of nitrogens with one attached hydrogen (secondary N) is 2. The van der Waals surface area contributed by atoms with Gasteiger partial charge in [-0.1, -0.05) is 23.7 Å². The van der Waals surface area contributed by atoms with Crippen molar-refractivity contribution in [1.29, 1.82) is 0 Å². The molecule has 7 heteroatoms. The van der Waals surface area contributed by atoms with Gasteiger partial charge in [0.1, 0.15) is 5.60 Å². The van der Waals surface area contributed by atoms with Crippen LogP contribution in [0, 0.1) is 12.7 Å². The molecule has 0 aliphatic rings. The Morgan fingerprint density at radius 2 is 1.77 bits per heavy atom. The Balaban J connectivity index is 2.19. The number of benzene rings is 2. The van der Waals surface area contributed by atoms with Crippen molar-refractivity contribution in [2.24, 2.45) is 0 Å². The second-order valence-corrected chi connectivity index (χ2v) is 7.12. The molecule has 0 atom stereocenters. The predicted octanol–water partition coefficient (Wildman–Crippen LogP) is 5.39. The maximum Gasteiger partial charge on any atom is 0.412 e. The molecule has 2 aromatic carbocycles. The summed E-state index contributed by atoms with van der Waals surface area (Å²) < 4.78 is 19.1. The molecule has 2 aromatic rings. The first-order valence-electron chi connectivity index (χ1n) is 7.93. The quantitative estimate of drug-likeness (QED) is 0.752. The van der Waals surface area contributed by atoms with Gasteiger partial charge >= 0.3 is 6.09 Å². The summed E-state index contributed by atoms with van der Waals surface area (Å²) in [7, 11) is 0. The van der Waals surface area contributed by atoms with Crippen LogP contribution in [0.25, 0.3) is 0 Å². The first-order valence-corrected chi connectivity index (χ1v) is 8.30. The van der Waals surface area contributed by atoms with Crippen molar-refractivity contribution < 1.29 is 18.7 Å². The van der Waals surface area contributed by atoms with Gasteiger partial charge in [-0.25, -0.2) is 9.18 Å². The van der Waals surface area contributed by atoms with E-state index in [0.717, 1.165) is 5.56 Å². The monoisotopic (exact) mass is 378 g/mol. The Morgan fingerprint density at radius 1 is 1.08 bits per heavy atom. The fourth-order valence-corrected chi connectivity index (χ4v) is 2.28. The molecule has 2 N–H and O–H groups in total. The van der Waals surface area contributed by atoms with Crippen molar-refractivity contribution in [2.45, 2.75) is 33.3 Å². The van der Waals surface area contributed by atoms with Gasteiger partial charge in [-0.2, -0.15) is 0 Å². The lowest BCUT2D eigenvalue weighted by Crippen LogP contribution is -2.27. The number of hydrogen-bond donors (Lipinski definition) is 2. The number of ether oxygens (including phenoxy) is 1. The molecule has 0 fully saturated rings. The Bertz CT molecular complexity index is 847. The summed E-state index contributed by atoms with van der Waals surface area (Å²) in [6.07, 6.45) is -0.626. The largest absolute Gasteiger partial charge is 0.444 e. The zero-order valence-electron chi connectivity index (χ0n) is 14.9. The van der Waals surface area contributed by atoms with E-state index in [1.807, 2.05) is 0 Å². The molecule has 2 rings (SSSR count). The molecule has 0 saturated carbocycles. The highest BCUT2D eigenvalue weighted by Crippen LogP contribution is 2.24. The summed E-state index contributed by atoms with van der Waals surface area (Å²) in [5.74, 6) is -1.24. The second kappa shape index (κ2) is 7.74. The van der Waals surface area contributed by atoms with Gasteiger partial charge < -0.3 is 10.1 Å². The SMILES string of the molecule is Cc1ccc(C(=O)Nc2cccc(Cl)c2F)cc1NC(=O)OC(C)(C)C. The van der Waals surface area contributed by atoms with Crippen LogP contribution in [-0.2, 0) is 4.74 Å². The number of carbonyl (C=O) groups is 2. The fourth-order valence-electron chi connectivity index (χ4n) is 2.11. The predicted molar refractivity (Wildman–Crippen MR) is 100 cm³/mol. The molecule has 0 unspecified atom stereocenters. The van der Waals surface area contributed by atoms with E-state index in [9.17, 15) is 14.0 Å². The van der Waals surface area contributed by atoms with Crippen molar-refractivity contribution in [1.82, 2.24) is 0 Å². The van der Waals surface area contributed by atoms with Crippen molar-refractivity contribution in [3.63, 3.8) is 0 Å². The van der Waals surface area contributed by atoms with Crippen LogP contribution in [0.3, 0.4) is 0 Å². The molecule has 0 heterocycles. The number of rotatable bonds is 3. The van der Waals surface area contributed by atoms with Crippen LogP contribution in [0.5, 0.6) is 0 Å². The first-order chi connectivity index (χ1) is 12.1. The average molecular weight is 379 g/mol. The fraction of sp³-hybridized carbons (Fsp3) is 0.263. The lowest BCUT2D eigenvalue weighted by atomic mass is 10.1. The third-order valence-corrected chi connectivity index (χ3v) is 3.63. The van der Waals surface area contributed by atoms with Gasteiger partial charge in [0.25, 0.3) is 5.91 Å². The molecule has 0 aliphatic carbocycles. The highest BCUT2D eigenvalue weighted by molar-refractivity contribution is 6.31. The summed E-state index contributed by atoms with van der Waals surface area (Å²) in [6.45, 7) is 7.04. The zero-order chi connectivity index (χ0) is 19.5. The number of halogens is 2. The highest BCUT2D eigenvalue weighted by atomic mass is 35.5. The minimum atomic E-state index is -0.707. The number of anilines is 2. The molecule has 0 saturated heterocycles. The Kier molecular flexibility index (Phi) is 5.87. The smallest absolute Gasteiger partial charge is 0.412 e. The Morgan fingerprint density at radius 3 is 2.42 bits per heavy atom. The standard InChI is InChI=1S/C19H20ClFN2O3/c1-11-8-9-12(10-15(11)23-18(25)26-19(2,3)4)17(24)22-14-7-5-6-13(20)16(14)21/h5-10H,1-4H3,(H,22,24)(H,23,25). The third kappa shape index (κ3) is 5.20. The van der Waals surface area contributed by atoms with Crippen LogP contribution in [0.4, 0.5) is 20.6 Å². The highest BCUT2D eigenvalue weighted by Gasteiger charge is 2.18. The third-order valence-electron chi connectivity index (χ3n) is 3.34. The molecule has 0 bridgehead atoms. The topological polar surface area (TPSA) is 67.4 Å². The van der Waals surface area contributed by atoms with Crippen molar-refractivity contribution >= 4 is 35.0 Å². The van der Waals surface area contributed by atoms with Gasteiger partial charge in [0.15, 0.2) is 5.82 Å². The summed E-state index contributed by atoms with van der Waals surface area (Å²) in [4.78, 5) is 24.3. The summed E-state index contributed by atoms with van der Waals surface area (Å²) in [6, 6.07) is 9.08. The lowest BCUT2D eigenvalue weighted by molar-refractivity contribution is 0.0635. The van der Waals surface area contributed by atoms with Crippen molar-refractivity contribution in [3.8, 4) is 0 Å². The van der Waals surface area contributed by atoms with Crippen LogP contribution in [0.15, 0.2) is 36.4 Å². The van der Waals surface area contributed by atoms with Crippen LogP contribution in [0.2, 0.25) is 5.02 Å². The van der Waals surface area contributed by atoms with Crippen LogP contribution in [0.1, 0.15) is 36.7 Å². The number of aryl methyl sites for hydroxylation is 1. The maximum absolute atomic E-state index is 13.9. The van der Waals surface area contributed by atoms with Crippen LogP contribution >= 0.6 is 11.6 Å². The van der Waals surface area contributed by atoms with Crippen LogP contribution < -0.4 is 10.6 Å². The van der Waals surface area contributed by atoms with E-state index in [-0.39, 0.29) is 16.3 Å². The Labute approximate surface area is 156 Å². The summed E-state index contributed by atoms with van der Waals surface area (Å²) in [5.41, 5.74) is 0.766. The van der Waals surface area contributed by atoms with Gasteiger partial charge in [-0.3, -0.25) is 10.1 Å². The van der Waals surface area contributed by atoms with Gasteiger partial charge in [0.05, 0.1) is 10.7 Å². The van der Waals surface area contributed by atoms with E-state index >= 15 is 0 Å². The van der Waals surface area contributed by atoms with E-state index < -0.39 is 23.4 Å². The molecule has 2 amide bonds. The van der Waals surface area contributed by atoms with Gasteiger partial charge in [-0.15, -0.1) is 0 Å². The minimum absolute atomic E-state index is 0.0234. The molecule has 5 nitrogen and oxygen atoms in total.